The lowest BCUT2D eigenvalue weighted by atomic mass is 10.0. The monoisotopic (exact) mass is 509 g/mol. The number of benzene rings is 3. The number of anilines is 1. The first-order valence-electron chi connectivity index (χ1n) is 12.3. The van der Waals surface area contributed by atoms with E-state index in [1.54, 1.807) is 6.07 Å². The highest BCUT2D eigenvalue weighted by atomic mass is 35.5. The average molecular weight is 510 g/mol. The summed E-state index contributed by atoms with van der Waals surface area (Å²) in [6.45, 7) is 6.24. The van der Waals surface area contributed by atoms with Gasteiger partial charge in [-0.2, -0.15) is 0 Å². The lowest BCUT2D eigenvalue weighted by Gasteiger charge is -2.44. The fraction of sp³-hybridized carbons (Fsp3) is 0.345. The molecule has 1 heterocycles. The second kappa shape index (κ2) is 11.8. The third kappa shape index (κ3) is 6.37. The number of rotatable bonds is 8. The van der Waals surface area contributed by atoms with Gasteiger partial charge in [-0.1, -0.05) is 41.9 Å². The van der Waals surface area contributed by atoms with Crippen LogP contribution in [0, 0.1) is 5.82 Å². The predicted octanol–water partition coefficient (Wildman–Crippen LogP) is 5.61. The van der Waals surface area contributed by atoms with Gasteiger partial charge in [0.25, 0.3) is 5.91 Å². The van der Waals surface area contributed by atoms with Crippen molar-refractivity contribution >= 4 is 23.2 Å². The molecule has 1 fully saturated rings. The minimum absolute atomic E-state index is 0.0304. The van der Waals surface area contributed by atoms with Crippen LogP contribution in [0.15, 0.2) is 66.7 Å². The maximum atomic E-state index is 13.2. The van der Waals surface area contributed by atoms with Crippen LogP contribution in [0.3, 0.4) is 0 Å². The van der Waals surface area contributed by atoms with Gasteiger partial charge in [0.1, 0.15) is 11.6 Å². The largest absolute Gasteiger partial charge is 0.483 e. The molecule has 0 saturated carbocycles. The number of nitrogens with zero attached hydrogens (tertiary/aromatic N) is 2. The molecule has 0 unspecified atom stereocenters. The summed E-state index contributed by atoms with van der Waals surface area (Å²) in [7, 11) is 1.90. The van der Waals surface area contributed by atoms with E-state index in [-0.39, 0.29) is 30.4 Å². The molecule has 1 N–H and O–H groups in total. The highest BCUT2D eigenvalue weighted by Crippen LogP contribution is 2.28. The molecule has 190 valence electrons. The van der Waals surface area contributed by atoms with E-state index in [0.717, 1.165) is 35.5 Å². The molecule has 3 aromatic carbocycles. The number of hydrogen-bond donors (Lipinski definition) is 1. The van der Waals surface area contributed by atoms with Crippen molar-refractivity contribution in [2.24, 2.45) is 0 Å². The number of halogens is 2. The molecular weight excluding hydrogens is 477 g/mol. The Bertz CT molecular complexity index is 1190. The molecule has 7 heteroatoms. The number of amides is 1. The summed E-state index contributed by atoms with van der Waals surface area (Å²) in [4.78, 5) is 17.4. The Kier molecular flexibility index (Phi) is 8.49. The first-order chi connectivity index (χ1) is 17.3. The van der Waals surface area contributed by atoms with Crippen molar-refractivity contribution in [1.82, 2.24) is 9.80 Å². The van der Waals surface area contributed by atoms with Crippen molar-refractivity contribution in [2.45, 2.75) is 38.9 Å². The highest BCUT2D eigenvalue weighted by Gasteiger charge is 2.32. The van der Waals surface area contributed by atoms with E-state index in [0.29, 0.717) is 23.7 Å². The van der Waals surface area contributed by atoms with Crippen molar-refractivity contribution in [1.29, 1.82) is 0 Å². The number of hydrogen-bond acceptors (Lipinski definition) is 4. The molecule has 1 aliphatic rings. The average Bonchev–Trinajstić information content (AvgIpc) is 2.87. The fourth-order valence-corrected chi connectivity index (χ4v) is 4.96. The molecule has 36 heavy (non-hydrogen) atoms. The summed E-state index contributed by atoms with van der Waals surface area (Å²) in [5.41, 5.74) is 4.16. The molecule has 5 nitrogen and oxygen atoms in total. The first kappa shape index (κ1) is 26.0. The molecule has 1 saturated heterocycles. The fourth-order valence-electron chi connectivity index (χ4n) is 4.76. The summed E-state index contributed by atoms with van der Waals surface area (Å²) in [6, 6.07) is 20.4. The van der Waals surface area contributed by atoms with Crippen LogP contribution in [0.1, 0.15) is 30.5 Å². The highest BCUT2D eigenvalue weighted by molar-refractivity contribution is 6.30. The Labute approximate surface area is 217 Å². The van der Waals surface area contributed by atoms with Crippen LogP contribution in [-0.4, -0.2) is 54.5 Å². The zero-order valence-corrected chi connectivity index (χ0v) is 21.8. The Balaban J connectivity index is 1.39. The molecule has 1 amide bonds. The van der Waals surface area contributed by atoms with Crippen LogP contribution in [-0.2, 0) is 17.8 Å². The summed E-state index contributed by atoms with van der Waals surface area (Å²) in [5, 5.41) is 3.85. The smallest absolute Gasteiger partial charge is 0.260 e. The first-order valence-corrected chi connectivity index (χ1v) is 12.7. The number of ether oxygens (including phenoxy) is 1. The minimum atomic E-state index is -0.231. The van der Waals surface area contributed by atoms with Gasteiger partial charge >= 0.3 is 0 Å². The molecule has 2 atom stereocenters. The number of nitrogens with one attached hydrogen (secondary N) is 1. The van der Waals surface area contributed by atoms with Crippen LogP contribution < -0.4 is 10.1 Å². The molecule has 0 bridgehead atoms. The Morgan fingerprint density at radius 2 is 1.78 bits per heavy atom. The third-order valence-corrected chi connectivity index (χ3v) is 7.01. The maximum absolute atomic E-state index is 13.2. The predicted molar refractivity (Wildman–Crippen MR) is 143 cm³/mol. The van der Waals surface area contributed by atoms with Gasteiger partial charge in [-0.15, -0.1) is 0 Å². The minimum Gasteiger partial charge on any atom is -0.483 e. The SMILES string of the molecule is CNc1ccccc1Cc1cc(Cl)ccc1OCC(=O)N1C[C@H](C)N(Cc2ccc(F)cc2)C[C@H]1C. The van der Waals surface area contributed by atoms with Gasteiger partial charge in [-0.3, -0.25) is 9.69 Å². The van der Waals surface area contributed by atoms with Gasteiger partial charge in [0.2, 0.25) is 0 Å². The maximum Gasteiger partial charge on any atom is 0.260 e. The van der Waals surface area contributed by atoms with Crippen LogP contribution in [0.2, 0.25) is 5.02 Å². The molecule has 3 aromatic rings. The van der Waals surface area contributed by atoms with E-state index in [1.165, 1.54) is 12.1 Å². The van der Waals surface area contributed by atoms with Crippen molar-refractivity contribution in [3.63, 3.8) is 0 Å². The van der Waals surface area contributed by atoms with E-state index in [1.807, 2.05) is 54.4 Å². The number of carbonyl (C=O) groups is 1. The van der Waals surface area contributed by atoms with E-state index in [9.17, 15) is 9.18 Å². The van der Waals surface area contributed by atoms with E-state index in [4.69, 9.17) is 16.3 Å². The normalized spacial score (nSPS) is 18.2. The third-order valence-electron chi connectivity index (χ3n) is 6.78. The lowest BCUT2D eigenvalue weighted by molar-refractivity contribution is -0.139. The van der Waals surface area contributed by atoms with E-state index in [2.05, 4.69) is 30.1 Å². The summed E-state index contributed by atoms with van der Waals surface area (Å²) < 4.78 is 19.3. The molecule has 0 aromatic heterocycles. The summed E-state index contributed by atoms with van der Waals surface area (Å²) in [6.07, 6.45) is 0.636. The Morgan fingerprint density at radius 3 is 2.53 bits per heavy atom. The zero-order valence-electron chi connectivity index (χ0n) is 21.0. The molecule has 0 spiro atoms. The number of piperazine rings is 1. The number of para-hydroxylation sites is 1. The van der Waals surface area contributed by atoms with Crippen molar-refractivity contribution in [3.8, 4) is 5.75 Å². The van der Waals surface area contributed by atoms with Gasteiger partial charge in [0, 0.05) is 61.5 Å². The van der Waals surface area contributed by atoms with E-state index >= 15 is 0 Å². The Morgan fingerprint density at radius 1 is 1.03 bits per heavy atom. The van der Waals surface area contributed by atoms with E-state index < -0.39 is 0 Å². The van der Waals surface area contributed by atoms with Crippen molar-refractivity contribution < 1.29 is 13.9 Å². The quantitative estimate of drug-likeness (QED) is 0.428. The summed E-state index contributed by atoms with van der Waals surface area (Å²) >= 11 is 6.29. The van der Waals surface area contributed by atoms with Crippen LogP contribution in [0.4, 0.5) is 10.1 Å². The van der Waals surface area contributed by atoms with Crippen molar-refractivity contribution in [2.75, 3.05) is 32.1 Å². The van der Waals surface area contributed by atoms with Crippen LogP contribution >= 0.6 is 11.6 Å². The van der Waals surface area contributed by atoms with Crippen LogP contribution in [0.5, 0.6) is 5.75 Å². The molecule has 1 aliphatic heterocycles. The molecular formula is C29H33ClFN3O2. The van der Waals surface area contributed by atoms with Gasteiger partial charge in [0.15, 0.2) is 6.61 Å². The van der Waals surface area contributed by atoms with Crippen molar-refractivity contribution in [3.05, 3.63) is 94.3 Å². The standard InChI is InChI=1S/C29H33ClFN3O2/c1-20-17-34(21(2)16-33(20)18-22-8-11-26(31)12-9-22)29(35)19-36-28-13-10-25(30)15-24(28)14-23-6-4-5-7-27(23)32-3/h4-13,15,20-21,32H,14,16-19H2,1-3H3/t20-,21+/m0/s1. The molecule has 0 radical (unpaired) electrons. The molecule has 4 rings (SSSR count). The topological polar surface area (TPSA) is 44.8 Å². The van der Waals surface area contributed by atoms with Gasteiger partial charge in [0.05, 0.1) is 0 Å². The van der Waals surface area contributed by atoms with Gasteiger partial charge in [-0.25, -0.2) is 4.39 Å². The second-order valence-corrected chi connectivity index (χ2v) is 9.86. The van der Waals surface area contributed by atoms with Crippen LogP contribution in [0.25, 0.3) is 0 Å². The molecule has 0 aliphatic carbocycles. The van der Waals surface area contributed by atoms with Gasteiger partial charge in [-0.05, 0) is 61.4 Å². The Hall–Kier alpha value is -3.09. The lowest BCUT2D eigenvalue weighted by Crippen LogP contribution is -2.58. The second-order valence-electron chi connectivity index (χ2n) is 9.42. The van der Waals surface area contributed by atoms with Gasteiger partial charge < -0.3 is 15.0 Å². The summed E-state index contributed by atoms with van der Waals surface area (Å²) in [5.74, 6) is 0.396. The zero-order chi connectivity index (χ0) is 25.7. The number of carbonyl (C=O) groups excluding carboxylic acids is 1.